The van der Waals surface area contributed by atoms with Gasteiger partial charge in [-0.25, -0.2) is 9.97 Å². The second-order valence-electron chi connectivity index (χ2n) is 9.09. The lowest BCUT2D eigenvalue weighted by molar-refractivity contribution is -0.137. The molecule has 0 aliphatic heterocycles. The molecular weight excluding hydrogens is 511 g/mol. The zero-order valence-corrected chi connectivity index (χ0v) is 22.0. The first-order chi connectivity index (χ1) is 18.7. The number of aromatic nitrogens is 3. The lowest BCUT2D eigenvalue weighted by Gasteiger charge is -2.17. The standard InChI is InChI=1S/C29H30F3N3O4/c1-19-15-25(37-14-4-12-35-13-11-33-26(35)16-36)20(2)21(3)28(19)39-18-24-17-38-27(34-24)10-7-22-5-8-23(9-6-22)29(30,31)32/h5-11,13,15,17,36H,4,12,14,16,18H2,1-3H3/b10-7+. The number of ether oxygens (including phenoxy) is 2. The Labute approximate surface area is 224 Å². The summed E-state index contributed by atoms with van der Waals surface area (Å²) >= 11 is 0. The maximum absolute atomic E-state index is 12.7. The maximum Gasteiger partial charge on any atom is 0.416 e. The number of rotatable bonds is 11. The second-order valence-corrected chi connectivity index (χ2v) is 9.09. The Bertz CT molecular complexity index is 1420. The fourth-order valence-corrected chi connectivity index (χ4v) is 4.07. The number of hydrogen-bond donors (Lipinski definition) is 1. The van der Waals surface area contributed by atoms with Gasteiger partial charge >= 0.3 is 6.18 Å². The van der Waals surface area contributed by atoms with Crippen LogP contribution in [0.15, 0.2) is 53.4 Å². The number of halogens is 3. The van der Waals surface area contributed by atoms with Crippen LogP contribution in [-0.2, 0) is 25.9 Å². The first kappa shape index (κ1) is 28.0. The van der Waals surface area contributed by atoms with Gasteiger partial charge in [0.25, 0.3) is 0 Å². The molecule has 4 rings (SSSR count). The highest BCUT2D eigenvalue weighted by Crippen LogP contribution is 2.34. The topological polar surface area (TPSA) is 82.5 Å². The van der Waals surface area contributed by atoms with E-state index in [4.69, 9.17) is 13.9 Å². The molecule has 0 unspecified atom stereocenters. The molecule has 0 atom stereocenters. The molecular formula is C29H30F3N3O4. The van der Waals surface area contributed by atoms with E-state index in [0.717, 1.165) is 46.7 Å². The van der Waals surface area contributed by atoms with Gasteiger partial charge in [0, 0.05) is 25.0 Å². The Morgan fingerprint density at radius 3 is 2.54 bits per heavy atom. The predicted octanol–water partition coefficient (Wildman–Crippen LogP) is 6.53. The Balaban J connectivity index is 1.32. The molecule has 7 nitrogen and oxygen atoms in total. The molecule has 4 aromatic rings. The Hall–Kier alpha value is -4.05. The van der Waals surface area contributed by atoms with Crippen molar-refractivity contribution in [1.82, 2.24) is 14.5 Å². The number of hydrogen-bond acceptors (Lipinski definition) is 6. The third kappa shape index (κ3) is 7.08. The van der Waals surface area contributed by atoms with Gasteiger partial charge in [-0.3, -0.25) is 0 Å². The molecule has 0 saturated carbocycles. The number of aliphatic hydroxyl groups is 1. The minimum Gasteiger partial charge on any atom is -0.493 e. The molecule has 10 heteroatoms. The van der Waals surface area contributed by atoms with Crippen LogP contribution in [0.25, 0.3) is 12.2 Å². The lowest BCUT2D eigenvalue weighted by Crippen LogP contribution is -2.08. The van der Waals surface area contributed by atoms with E-state index in [1.807, 2.05) is 37.6 Å². The van der Waals surface area contributed by atoms with Gasteiger partial charge in [0.2, 0.25) is 5.89 Å². The summed E-state index contributed by atoms with van der Waals surface area (Å²) < 4.78 is 57.6. The number of nitrogens with zero attached hydrogens (tertiary/aromatic N) is 3. The summed E-state index contributed by atoms with van der Waals surface area (Å²) in [5, 5.41) is 9.31. The maximum atomic E-state index is 12.7. The molecule has 206 valence electrons. The molecule has 0 saturated heterocycles. The summed E-state index contributed by atoms with van der Waals surface area (Å²) in [5.41, 5.74) is 3.36. The average Bonchev–Trinajstić information content (AvgIpc) is 3.57. The summed E-state index contributed by atoms with van der Waals surface area (Å²) in [7, 11) is 0. The summed E-state index contributed by atoms with van der Waals surface area (Å²) in [5.74, 6) is 2.50. The monoisotopic (exact) mass is 541 g/mol. The van der Waals surface area contributed by atoms with Gasteiger partial charge in [-0.2, -0.15) is 13.2 Å². The van der Waals surface area contributed by atoms with Crippen LogP contribution in [0.2, 0.25) is 0 Å². The summed E-state index contributed by atoms with van der Waals surface area (Å²) in [6, 6.07) is 6.80. The largest absolute Gasteiger partial charge is 0.493 e. The van der Waals surface area contributed by atoms with E-state index in [1.54, 1.807) is 18.3 Å². The normalized spacial score (nSPS) is 11.9. The average molecular weight is 542 g/mol. The molecule has 2 aromatic heterocycles. The van der Waals surface area contributed by atoms with Crippen molar-refractivity contribution in [3.63, 3.8) is 0 Å². The van der Waals surface area contributed by atoms with E-state index in [9.17, 15) is 18.3 Å². The van der Waals surface area contributed by atoms with Gasteiger partial charge in [0.15, 0.2) is 0 Å². The van der Waals surface area contributed by atoms with Crippen LogP contribution < -0.4 is 9.47 Å². The van der Waals surface area contributed by atoms with E-state index in [2.05, 4.69) is 9.97 Å². The van der Waals surface area contributed by atoms with Crippen LogP contribution in [0.4, 0.5) is 13.2 Å². The molecule has 0 radical (unpaired) electrons. The van der Waals surface area contributed by atoms with Crippen molar-refractivity contribution >= 4 is 12.2 Å². The summed E-state index contributed by atoms with van der Waals surface area (Å²) in [6.07, 6.45) is 4.62. The van der Waals surface area contributed by atoms with Crippen LogP contribution in [0.1, 0.15) is 51.6 Å². The summed E-state index contributed by atoms with van der Waals surface area (Å²) in [4.78, 5) is 8.48. The van der Waals surface area contributed by atoms with E-state index in [0.29, 0.717) is 36.1 Å². The van der Waals surface area contributed by atoms with Crippen molar-refractivity contribution in [2.24, 2.45) is 0 Å². The first-order valence-corrected chi connectivity index (χ1v) is 12.4. The number of imidazole rings is 1. The van der Waals surface area contributed by atoms with Crippen LogP contribution in [-0.4, -0.2) is 26.2 Å². The highest BCUT2D eigenvalue weighted by atomic mass is 19.4. The van der Waals surface area contributed by atoms with E-state index in [-0.39, 0.29) is 13.2 Å². The van der Waals surface area contributed by atoms with E-state index in [1.165, 1.54) is 18.4 Å². The highest BCUT2D eigenvalue weighted by Gasteiger charge is 2.29. The predicted molar refractivity (Wildman–Crippen MR) is 140 cm³/mol. The molecule has 0 fully saturated rings. The number of aliphatic hydroxyl groups excluding tert-OH is 1. The van der Waals surface area contributed by atoms with Gasteiger partial charge in [0.05, 0.1) is 12.2 Å². The van der Waals surface area contributed by atoms with E-state index < -0.39 is 11.7 Å². The Morgan fingerprint density at radius 2 is 1.82 bits per heavy atom. The Kier molecular flexibility index (Phi) is 8.75. The van der Waals surface area contributed by atoms with Gasteiger partial charge in [0.1, 0.15) is 42.5 Å². The third-order valence-corrected chi connectivity index (χ3v) is 6.31. The molecule has 0 amide bonds. The zero-order chi connectivity index (χ0) is 28.0. The zero-order valence-electron chi connectivity index (χ0n) is 22.0. The molecule has 0 spiro atoms. The number of alkyl halides is 3. The first-order valence-electron chi connectivity index (χ1n) is 12.4. The molecule has 2 aromatic carbocycles. The number of benzene rings is 2. The smallest absolute Gasteiger partial charge is 0.416 e. The SMILES string of the molecule is Cc1cc(OCCCn2ccnc2CO)c(C)c(C)c1OCc1coc(/C=C/c2ccc(C(F)(F)F)cc2)n1. The minimum atomic E-state index is -4.37. The number of aryl methyl sites for hydroxylation is 2. The van der Waals surface area contributed by atoms with Crippen molar-refractivity contribution in [2.45, 2.75) is 53.1 Å². The van der Waals surface area contributed by atoms with Gasteiger partial charge in [-0.05, 0) is 73.7 Å². The molecule has 1 N–H and O–H groups in total. The molecule has 0 bridgehead atoms. The number of oxazole rings is 1. The van der Waals surface area contributed by atoms with Crippen LogP contribution in [0.5, 0.6) is 11.5 Å². The molecule has 0 aliphatic rings. The van der Waals surface area contributed by atoms with Crippen molar-refractivity contribution in [3.05, 3.63) is 94.2 Å². The lowest BCUT2D eigenvalue weighted by atomic mass is 10.0. The Morgan fingerprint density at radius 1 is 1.05 bits per heavy atom. The third-order valence-electron chi connectivity index (χ3n) is 6.31. The van der Waals surface area contributed by atoms with Crippen molar-refractivity contribution in [2.75, 3.05) is 6.61 Å². The molecule has 0 aliphatic carbocycles. The van der Waals surface area contributed by atoms with Gasteiger partial charge in [-0.1, -0.05) is 12.1 Å². The second kappa shape index (κ2) is 12.2. The summed E-state index contributed by atoms with van der Waals surface area (Å²) in [6.45, 7) is 7.23. The van der Waals surface area contributed by atoms with Crippen molar-refractivity contribution < 1.29 is 32.2 Å². The quantitative estimate of drug-likeness (QED) is 0.218. The highest BCUT2D eigenvalue weighted by molar-refractivity contribution is 5.66. The van der Waals surface area contributed by atoms with Crippen LogP contribution in [0.3, 0.4) is 0 Å². The van der Waals surface area contributed by atoms with Gasteiger partial charge in [-0.15, -0.1) is 0 Å². The fourth-order valence-electron chi connectivity index (χ4n) is 4.07. The van der Waals surface area contributed by atoms with Crippen molar-refractivity contribution in [1.29, 1.82) is 0 Å². The van der Waals surface area contributed by atoms with E-state index >= 15 is 0 Å². The van der Waals surface area contributed by atoms with Gasteiger partial charge < -0.3 is 23.6 Å². The fraction of sp³-hybridized carbons (Fsp3) is 0.310. The minimum absolute atomic E-state index is 0.0953. The van der Waals surface area contributed by atoms with Crippen molar-refractivity contribution in [3.8, 4) is 11.5 Å². The van der Waals surface area contributed by atoms with Crippen LogP contribution >= 0.6 is 0 Å². The van der Waals surface area contributed by atoms with Crippen LogP contribution in [0, 0.1) is 20.8 Å². The molecule has 39 heavy (non-hydrogen) atoms. The molecule has 2 heterocycles.